The Kier molecular flexibility index (Phi) is 7.81. The molecule has 0 heterocycles. The van der Waals surface area contributed by atoms with Crippen molar-refractivity contribution in [2.24, 2.45) is 0 Å². The molecule has 0 aromatic heterocycles. The minimum Gasteiger partial charge on any atom is -0.508 e. The van der Waals surface area contributed by atoms with E-state index in [-0.39, 0.29) is 33.7 Å². The van der Waals surface area contributed by atoms with Gasteiger partial charge in [-0.1, -0.05) is 32.9 Å². The van der Waals surface area contributed by atoms with E-state index in [1.54, 1.807) is 30.3 Å². The normalized spacial score (nSPS) is 13.7. The third-order valence-electron chi connectivity index (χ3n) is 6.13. The van der Waals surface area contributed by atoms with Crippen molar-refractivity contribution in [1.82, 2.24) is 5.32 Å². The van der Waals surface area contributed by atoms with Crippen LogP contribution < -0.4 is 5.32 Å². The summed E-state index contributed by atoms with van der Waals surface area (Å²) in [6.07, 6.45) is 0.269. The minimum absolute atomic E-state index is 0.00307. The zero-order chi connectivity index (χ0) is 24.3. The predicted molar refractivity (Wildman–Crippen MR) is 130 cm³/mol. The molecule has 0 fully saturated rings. The number of carboxylic acid groups (broad SMARTS) is 1. The quantitative estimate of drug-likeness (QED) is 0.371. The van der Waals surface area contributed by atoms with Gasteiger partial charge in [-0.3, -0.25) is 0 Å². The molecule has 176 valence electrons. The van der Waals surface area contributed by atoms with Crippen LogP contribution in [0.2, 0.25) is 18.1 Å². The maximum absolute atomic E-state index is 11.3. The summed E-state index contributed by atoms with van der Waals surface area (Å²) in [6.45, 7) is 15.4. The van der Waals surface area contributed by atoms with Gasteiger partial charge in [0, 0.05) is 18.2 Å². The smallest absolute Gasteiger partial charge is 0.335 e. The highest BCUT2D eigenvalue weighted by Gasteiger charge is 2.40. The second-order valence-corrected chi connectivity index (χ2v) is 15.4. The van der Waals surface area contributed by atoms with E-state index in [0.29, 0.717) is 18.5 Å². The number of aromatic carboxylic acids is 1. The number of aromatic hydroxyl groups is 2. The van der Waals surface area contributed by atoms with Crippen LogP contribution in [-0.4, -0.2) is 41.7 Å². The van der Waals surface area contributed by atoms with Gasteiger partial charge in [-0.05, 0) is 73.8 Å². The maximum atomic E-state index is 11.3. The van der Waals surface area contributed by atoms with E-state index >= 15 is 0 Å². The Labute approximate surface area is 192 Å². The molecule has 1 unspecified atom stereocenters. The van der Waals surface area contributed by atoms with E-state index in [0.717, 1.165) is 5.56 Å². The number of nitrogens with one attached hydrogen (secondary N) is 1. The van der Waals surface area contributed by atoms with Crippen molar-refractivity contribution in [3.05, 3.63) is 59.2 Å². The first-order valence-electron chi connectivity index (χ1n) is 10.9. The van der Waals surface area contributed by atoms with Gasteiger partial charge in [0.1, 0.15) is 11.5 Å². The lowest BCUT2D eigenvalue weighted by atomic mass is 9.93. The van der Waals surface area contributed by atoms with Gasteiger partial charge < -0.3 is 25.1 Å². The first-order valence-corrected chi connectivity index (χ1v) is 13.8. The number of hydrogen-bond donors (Lipinski definition) is 4. The van der Waals surface area contributed by atoms with E-state index in [1.165, 1.54) is 6.07 Å². The van der Waals surface area contributed by atoms with Crippen LogP contribution in [0.15, 0.2) is 42.5 Å². The Bertz CT molecular complexity index is 929. The third kappa shape index (κ3) is 7.08. The molecule has 4 N–H and O–H groups in total. The Hall–Kier alpha value is -2.35. The highest BCUT2D eigenvalue weighted by atomic mass is 28.4. The SMILES string of the molecule is CC(C)(Cc1cccc(C(=O)O)c1)NCC(O[Si](C)(C)C(C)(C)C)c1cc(O)cc(O)c1. The van der Waals surface area contributed by atoms with Crippen molar-refractivity contribution in [2.75, 3.05) is 6.54 Å². The van der Waals surface area contributed by atoms with E-state index in [2.05, 4.69) is 53.0 Å². The van der Waals surface area contributed by atoms with Crippen molar-refractivity contribution in [3.8, 4) is 11.5 Å². The average molecular weight is 460 g/mol. The number of carbonyl (C=O) groups is 1. The van der Waals surface area contributed by atoms with Crippen LogP contribution in [0, 0.1) is 0 Å². The molecule has 1 atom stereocenters. The van der Waals surface area contributed by atoms with Gasteiger partial charge in [0.2, 0.25) is 0 Å². The molecule has 0 aliphatic carbocycles. The van der Waals surface area contributed by atoms with Crippen LogP contribution in [0.25, 0.3) is 0 Å². The molecular weight excluding hydrogens is 422 g/mol. The molecule has 7 heteroatoms. The predicted octanol–water partition coefficient (Wildman–Crippen LogP) is 5.47. The van der Waals surface area contributed by atoms with Crippen molar-refractivity contribution in [3.63, 3.8) is 0 Å². The van der Waals surface area contributed by atoms with Crippen molar-refractivity contribution in [2.45, 2.75) is 70.8 Å². The molecule has 0 amide bonds. The monoisotopic (exact) mass is 459 g/mol. The number of rotatable bonds is 9. The van der Waals surface area contributed by atoms with Crippen LogP contribution in [0.3, 0.4) is 0 Å². The number of phenols is 2. The Morgan fingerprint density at radius 3 is 2.16 bits per heavy atom. The van der Waals surface area contributed by atoms with Crippen molar-refractivity contribution < 1.29 is 24.5 Å². The molecule has 0 spiro atoms. The van der Waals surface area contributed by atoms with Gasteiger partial charge >= 0.3 is 5.97 Å². The fraction of sp³-hybridized carbons (Fsp3) is 0.480. The first kappa shape index (κ1) is 25.9. The van der Waals surface area contributed by atoms with Gasteiger partial charge in [-0.25, -0.2) is 4.79 Å². The number of hydrogen-bond acceptors (Lipinski definition) is 5. The van der Waals surface area contributed by atoms with E-state index in [9.17, 15) is 20.1 Å². The topological polar surface area (TPSA) is 99.0 Å². The molecule has 2 aromatic rings. The first-order chi connectivity index (χ1) is 14.6. The highest BCUT2D eigenvalue weighted by Crippen LogP contribution is 2.40. The lowest BCUT2D eigenvalue weighted by Crippen LogP contribution is -2.47. The number of carboxylic acids is 1. The van der Waals surface area contributed by atoms with Crippen molar-refractivity contribution >= 4 is 14.3 Å². The van der Waals surface area contributed by atoms with Gasteiger partial charge in [0.05, 0.1) is 11.7 Å². The van der Waals surface area contributed by atoms with Crippen LogP contribution in [0.1, 0.15) is 62.2 Å². The summed E-state index contributed by atoms with van der Waals surface area (Å²) < 4.78 is 6.67. The van der Waals surface area contributed by atoms with Crippen LogP contribution >= 0.6 is 0 Å². The standard InChI is InChI=1S/C25H37NO5Si/c1-24(2,3)32(6,7)31-22(19-12-20(27)14-21(28)13-19)16-26-25(4,5)15-17-9-8-10-18(11-17)23(29)30/h8-14,22,26-28H,15-16H2,1-7H3,(H,29,30). The van der Waals surface area contributed by atoms with Gasteiger partial charge in [-0.15, -0.1) is 0 Å². The van der Waals surface area contributed by atoms with Gasteiger partial charge in [0.25, 0.3) is 0 Å². The average Bonchev–Trinajstić information content (AvgIpc) is 2.63. The number of benzene rings is 2. The molecule has 0 saturated heterocycles. The lowest BCUT2D eigenvalue weighted by Gasteiger charge is -2.40. The molecule has 0 aliphatic rings. The van der Waals surface area contributed by atoms with Crippen LogP contribution in [0.4, 0.5) is 0 Å². The van der Waals surface area contributed by atoms with Crippen LogP contribution in [0.5, 0.6) is 11.5 Å². The van der Waals surface area contributed by atoms with E-state index in [1.807, 2.05) is 6.07 Å². The van der Waals surface area contributed by atoms with E-state index < -0.39 is 14.3 Å². The zero-order valence-corrected chi connectivity index (χ0v) is 21.2. The largest absolute Gasteiger partial charge is 0.508 e. The third-order valence-corrected chi connectivity index (χ3v) is 10.6. The molecule has 32 heavy (non-hydrogen) atoms. The van der Waals surface area contributed by atoms with Gasteiger partial charge in [-0.2, -0.15) is 0 Å². The summed E-state index contributed by atoms with van der Waals surface area (Å²) in [7, 11) is -2.14. The zero-order valence-electron chi connectivity index (χ0n) is 20.2. The summed E-state index contributed by atoms with van der Waals surface area (Å²) in [5.41, 5.74) is 1.57. The summed E-state index contributed by atoms with van der Waals surface area (Å²) in [6, 6.07) is 11.5. The fourth-order valence-corrected chi connectivity index (χ4v) is 4.60. The van der Waals surface area contributed by atoms with E-state index in [4.69, 9.17) is 4.43 Å². The summed E-state index contributed by atoms with van der Waals surface area (Å²) >= 11 is 0. The summed E-state index contributed by atoms with van der Waals surface area (Å²) in [4.78, 5) is 11.3. The molecule has 0 bridgehead atoms. The fourth-order valence-electron chi connectivity index (χ4n) is 3.32. The lowest BCUT2D eigenvalue weighted by molar-refractivity contribution is 0.0696. The summed E-state index contributed by atoms with van der Waals surface area (Å²) in [5.74, 6) is -0.953. The molecule has 0 radical (unpaired) electrons. The second-order valence-electron chi connectivity index (χ2n) is 10.6. The van der Waals surface area contributed by atoms with Crippen molar-refractivity contribution in [1.29, 1.82) is 0 Å². The molecule has 2 rings (SSSR count). The number of phenolic OH excluding ortho intramolecular Hbond substituents is 2. The molecular formula is C25H37NO5Si. The molecule has 2 aromatic carbocycles. The Balaban J connectivity index is 2.25. The Morgan fingerprint density at radius 1 is 1.03 bits per heavy atom. The second kappa shape index (κ2) is 9.64. The van der Waals surface area contributed by atoms with Gasteiger partial charge in [0.15, 0.2) is 8.32 Å². The van der Waals surface area contributed by atoms with Crippen LogP contribution in [-0.2, 0) is 10.8 Å². The molecule has 0 aliphatic heterocycles. The molecule has 0 saturated carbocycles. The Morgan fingerprint density at radius 2 is 1.62 bits per heavy atom. The summed E-state index contributed by atoms with van der Waals surface area (Å²) in [5, 5.41) is 32.9. The highest BCUT2D eigenvalue weighted by molar-refractivity contribution is 6.74. The maximum Gasteiger partial charge on any atom is 0.335 e. The minimum atomic E-state index is -2.14. The molecule has 6 nitrogen and oxygen atoms in total.